The van der Waals surface area contributed by atoms with Crippen molar-refractivity contribution < 1.29 is 19.1 Å². The molecular weight excluding hydrogens is 344 g/mol. The monoisotopic (exact) mass is 366 g/mol. The van der Waals surface area contributed by atoms with Gasteiger partial charge in [-0.05, 0) is 36.2 Å². The average molecular weight is 366 g/mol. The summed E-state index contributed by atoms with van der Waals surface area (Å²) in [5.41, 5.74) is 2.23. The van der Waals surface area contributed by atoms with Gasteiger partial charge in [0.1, 0.15) is 12.4 Å². The van der Waals surface area contributed by atoms with E-state index in [0.717, 1.165) is 11.3 Å². The maximum absolute atomic E-state index is 12.7. The Morgan fingerprint density at radius 2 is 1.85 bits per heavy atom. The molecular formula is C21H22N2O4. The molecule has 1 atom stereocenters. The molecule has 0 saturated carbocycles. The molecule has 4 rings (SSSR count). The number of nitrogens with zero attached hydrogens (tertiary/aromatic N) is 1. The van der Waals surface area contributed by atoms with Crippen LogP contribution >= 0.6 is 0 Å². The van der Waals surface area contributed by atoms with Crippen LogP contribution in [0, 0.1) is 5.92 Å². The van der Waals surface area contributed by atoms with Crippen molar-refractivity contribution in [2.24, 2.45) is 5.92 Å². The third-order valence-corrected chi connectivity index (χ3v) is 4.93. The number of para-hydroxylation sites is 1. The zero-order valence-electron chi connectivity index (χ0n) is 15.0. The first-order valence-corrected chi connectivity index (χ1v) is 9.19. The maximum Gasteiger partial charge on any atom is 0.254 e. The highest BCUT2D eigenvalue weighted by molar-refractivity contribution is 5.98. The molecule has 27 heavy (non-hydrogen) atoms. The van der Waals surface area contributed by atoms with Gasteiger partial charge in [-0.15, -0.1) is 0 Å². The lowest BCUT2D eigenvalue weighted by atomic mass is 9.96. The fourth-order valence-corrected chi connectivity index (χ4v) is 3.42. The van der Waals surface area contributed by atoms with E-state index in [9.17, 15) is 9.59 Å². The van der Waals surface area contributed by atoms with Gasteiger partial charge in [-0.25, -0.2) is 0 Å². The first kappa shape index (κ1) is 17.5. The van der Waals surface area contributed by atoms with E-state index in [0.29, 0.717) is 50.6 Å². The van der Waals surface area contributed by atoms with Crippen LogP contribution in [0.5, 0.6) is 5.75 Å². The molecule has 0 radical (unpaired) electrons. The van der Waals surface area contributed by atoms with E-state index < -0.39 is 0 Å². The van der Waals surface area contributed by atoms with Gasteiger partial charge in [0.25, 0.3) is 5.91 Å². The summed E-state index contributed by atoms with van der Waals surface area (Å²) < 4.78 is 11.0. The highest BCUT2D eigenvalue weighted by Gasteiger charge is 2.26. The normalized spacial score (nSPS) is 19.0. The van der Waals surface area contributed by atoms with Crippen LogP contribution in [0.25, 0.3) is 0 Å². The second kappa shape index (κ2) is 7.80. The van der Waals surface area contributed by atoms with Gasteiger partial charge in [0.2, 0.25) is 5.91 Å². The minimum absolute atomic E-state index is 0.0377. The number of ether oxygens (including phenoxy) is 2. The van der Waals surface area contributed by atoms with Gasteiger partial charge in [-0.1, -0.05) is 24.3 Å². The molecule has 2 aliphatic heterocycles. The minimum atomic E-state index is -0.251. The molecule has 6 nitrogen and oxygen atoms in total. The van der Waals surface area contributed by atoms with Crippen LogP contribution in [0.15, 0.2) is 48.5 Å². The number of nitrogens with one attached hydrogen (secondary N) is 1. The van der Waals surface area contributed by atoms with Crippen molar-refractivity contribution in [2.45, 2.75) is 6.42 Å². The standard InChI is InChI=1S/C21H22N2O4/c24-20(17-12-15-4-1-2-7-19(15)27-14-17)22-18-6-3-5-16(13-18)21(25)23-8-10-26-11-9-23/h1-7,13,17H,8-12,14H2,(H,22,24)/t17-/m0/s1. The zero-order chi connectivity index (χ0) is 18.6. The van der Waals surface area contributed by atoms with Crippen LogP contribution in [-0.4, -0.2) is 49.6 Å². The fourth-order valence-electron chi connectivity index (χ4n) is 3.42. The van der Waals surface area contributed by atoms with Gasteiger partial charge in [-0.2, -0.15) is 0 Å². The molecule has 0 aliphatic carbocycles. The number of anilines is 1. The minimum Gasteiger partial charge on any atom is -0.492 e. The highest BCUT2D eigenvalue weighted by atomic mass is 16.5. The number of hydrogen-bond donors (Lipinski definition) is 1. The molecule has 2 amide bonds. The van der Waals surface area contributed by atoms with E-state index in [1.807, 2.05) is 24.3 Å². The Labute approximate surface area is 158 Å². The van der Waals surface area contributed by atoms with Crippen molar-refractivity contribution >= 4 is 17.5 Å². The molecule has 2 aromatic rings. The number of morpholine rings is 1. The summed E-state index contributed by atoms with van der Waals surface area (Å²) >= 11 is 0. The van der Waals surface area contributed by atoms with Crippen LogP contribution in [0.4, 0.5) is 5.69 Å². The van der Waals surface area contributed by atoms with Crippen LogP contribution < -0.4 is 10.1 Å². The lowest BCUT2D eigenvalue weighted by Crippen LogP contribution is -2.40. The van der Waals surface area contributed by atoms with Gasteiger partial charge in [0.05, 0.1) is 19.1 Å². The number of carbonyl (C=O) groups is 2. The summed E-state index contributed by atoms with van der Waals surface area (Å²) in [4.78, 5) is 27.0. The molecule has 6 heteroatoms. The summed E-state index contributed by atoms with van der Waals surface area (Å²) in [5.74, 6) is 0.461. The summed E-state index contributed by atoms with van der Waals surface area (Å²) in [7, 11) is 0. The third kappa shape index (κ3) is 3.95. The Morgan fingerprint density at radius 1 is 1.04 bits per heavy atom. The van der Waals surface area contributed by atoms with E-state index in [2.05, 4.69) is 5.32 Å². The molecule has 2 aromatic carbocycles. The highest BCUT2D eigenvalue weighted by Crippen LogP contribution is 2.27. The van der Waals surface area contributed by atoms with Crippen LogP contribution in [0.3, 0.4) is 0 Å². The van der Waals surface area contributed by atoms with Gasteiger partial charge < -0.3 is 19.7 Å². The molecule has 1 saturated heterocycles. The quantitative estimate of drug-likeness (QED) is 0.905. The van der Waals surface area contributed by atoms with E-state index in [1.165, 1.54) is 0 Å². The van der Waals surface area contributed by atoms with Crippen LogP contribution in [0.1, 0.15) is 15.9 Å². The fraction of sp³-hybridized carbons (Fsp3) is 0.333. The van der Waals surface area contributed by atoms with Crippen molar-refractivity contribution in [1.29, 1.82) is 0 Å². The Hall–Kier alpha value is -2.86. The second-order valence-corrected chi connectivity index (χ2v) is 6.79. The largest absolute Gasteiger partial charge is 0.492 e. The lowest BCUT2D eigenvalue weighted by Gasteiger charge is -2.27. The molecule has 2 aliphatic rings. The van der Waals surface area contributed by atoms with E-state index in [-0.39, 0.29) is 17.7 Å². The Bertz CT molecular complexity index is 846. The summed E-state index contributed by atoms with van der Waals surface area (Å²) in [6.07, 6.45) is 0.647. The molecule has 0 bridgehead atoms. The van der Waals surface area contributed by atoms with Crippen LogP contribution in [-0.2, 0) is 16.0 Å². The van der Waals surface area contributed by atoms with E-state index in [1.54, 1.807) is 29.2 Å². The SMILES string of the molecule is O=C(Nc1cccc(C(=O)N2CCOCC2)c1)[C@@H]1COc2ccccc2C1. The summed E-state index contributed by atoms with van der Waals surface area (Å²) in [6.45, 7) is 2.66. The van der Waals surface area contributed by atoms with Gasteiger partial charge in [0.15, 0.2) is 0 Å². The number of benzene rings is 2. The summed E-state index contributed by atoms with van der Waals surface area (Å²) in [6, 6.07) is 14.9. The molecule has 0 aromatic heterocycles. The number of hydrogen-bond acceptors (Lipinski definition) is 4. The number of amides is 2. The smallest absolute Gasteiger partial charge is 0.254 e. The van der Waals surface area contributed by atoms with Gasteiger partial charge >= 0.3 is 0 Å². The van der Waals surface area contributed by atoms with E-state index >= 15 is 0 Å². The van der Waals surface area contributed by atoms with Crippen molar-refractivity contribution in [3.05, 3.63) is 59.7 Å². The van der Waals surface area contributed by atoms with Crippen molar-refractivity contribution in [3.8, 4) is 5.75 Å². The molecule has 0 spiro atoms. The van der Waals surface area contributed by atoms with Gasteiger partial charge in [0, 0.05) is 24.3 Å². The summed E-state index contributed by atoms with van der Waals surface area (Å²) in [5, 5.41) is 2.93. The third-order valence-electron chi connectivity index (χ3n) is 4.93. The molecule has 140 valence electrons. The molecule has 2 heterocycles. The first-order valence-electron chi connectivity index (χ1n) is 9.19. The topological polar surface area (TPSA) is 67.9 Å². The Balaban J connectivity index is 1.42. The number of rotatable bonds is 3. The van der Waals surface area contributed by atoms with Crippen molar-refractivity contribution in [2.75, 3.05) is 38.2 Å². The molecule has 1 fully saturated rings. The second-order valence-electron chi connectivity index (χ2n) is 6.79. The zero-order valence-corrected chi connectivity index (χ0v) is 15.0. The van der Waals surface area contributed by atoms with Gasteiger partial charge in [-0.3, -0.25) is 9.59 Å². The van der Waals surface area contributed by atoms with Crippen molar-refractivity contribution in [3.63, 3.8) is 0 Å². The van der Waals surface area contributed by atoms with Crippen LogP contribution in [0.2, 0.25) is 0 Å². The predicted octanol–water partition coefficient (Wildman–Crippen LogP) is 2.35. The average Bonchev–Trinajstić information content (AvgIpc) is 2.73. The number of carbonyl (C=O) groups excluding carboxylic acids is 2. The first-order chi connectivity index (χ1) is 13.2. The lowest BCUT2D eigenvalue weighted by molar-refractivity contribution is -0.121. The number of fused-ring (bicyclic) bond motifs is 1. The predicted molar refractivity (Wildman–Crippen MR) is 101 cm³/mol. The maximum atomic E-state index is 12.7. The molecule has 0 unspecified atom stereocenters. The Kier molecular flexibility index (Phi) is 5.07. The Morgan fingerprint density at radius 3 is 2.70 bits per heavy atom. The van der Waals surface area contributed by atoms with Crippen molar-refractivity contribution in [1.82, 2.24) is 4.90 Å². The molecule has 1 N–H and O–H groups in total. The van der Waals surface area contributed by atoms with E-state index in [4.69, 9.17) is 9.47 Å².